The largest absolute Gasteiger partial charge is 0.310 e. The molecule has 9 aromatic rings. The van der Waals surface area contributed by atoms with E-state index < -0.39 is 5.41 Å². The molecule has 0 atom stereocenters. The zero-order chi connectivity index (χ0) is 34.2. The molecular formula is C50H32N2. The Kier molecular flexibility index (Phi) is 6.20. The molecule has 1 aromatic heterocycles. The van der Waals surface area contributed by atoms with Crippen LogP contribution in [0.15, 0.2) is 194 Å². The van der Waals surface area contributed by atoms with E-state index in [2.05, 4.69) is 199 Å². The first-order valence-electron chi connectivity index (χ1n) is 18.0. The number of pyridine rings is 1. The van der Waals surface area contributed by atoms with Gasteiger partial charge >= 0.3 is 0 Å². The van der Waals surface area contributed by atoms with Crippen LogP contribution in [0.1, 0.15) is 22.3 Å². The third-order valence-electron chi connectivity index (χ3n) is 11.3. The topological polar surface area (TPSA) is 16.1 Å². The van der Waals surface area contributed by atoms with Gasteiger partial charge in [0.25, 0.3) is 0 Å². The summed E-state index contributed by atoms with van der Waals surface area (Å²) in [6.07, 6.45) is 0. The SMILES string of the molecule is c1ccc(N(c2ccc(-c3nc4ccccc4c4ccccc34)cc2)c2cccc3c2-c2ccccc2C32c3ccccc3-c3ccccc32)cc1. The molecule has 1 heterocycles. The van der Waals surface area contributed by atoms with E-state index in [9.17, 15) is 0 Å². The van der Waals surface area contributed by atoms with Crippen LogP contribution in [-0.2, 0) is 5.41 Å². The summed E-state index contributed by atoms with van der Waals surface area (Å²) in [5.74, 6) is 0. The smallest absolute Gasteiger partial charge is 0.0788 e. The molecule has 2 aliphatic carbocycles. The van der Waals surface area contributed by atoms with Crippen LogP contribution in [0, 0.1) is 0 Å². The first-order chi connectivity index (χ1) is 25.8. The summed E-state index contributed by atoms with van der Waals surface area (Å²) in [5, 5.41) is 3.56. The molecule has 0 N–H and O–H groups in total. The Bertz CT molecular complexity index is 2810. The van der Waals surface area contributed by atoms with Crippen LogP contribution in [0.25, 0.3) is 55.2 Å². The van der Waals surface area contributed by atoms with Gasteiger partial charge in [0, 0.05) is 33.3 Å². The minimum absolute atomic E-state index is 0.399. The molecule has 2 heteroatoms. The maximum absolute atomic E-state index is 5.20. The van der Waals surface area contributed by atoms with Crippen molar-refractivity contribution in [3.63, 3.8) is 0 Å². The summed E-state index contributed by atoms with van der Waals surface area (Å²) in [5.41, 5.74) is 16.6. The van der Waals surface area contributed by atoms with E-state index in [1.165, 1.54) is 55.3 Å². The number of anilines is 3. The van der Waals surface area contributed by atoms with Gasteiger partial charge in [-0.2, -0.15) is 0 Å². The van der Waals surface area contributed by atoms with Gasteiger partial charge in [0.05, 0.1) is 22.3 Å². The fourth-order valence-corrected chi connectivity index (χ4v) is 9.21. The Morgan fingerprint density at radius 2 is 0.885 bits per heavy atom. The summed E-state index contributed by atoms with van der Waals surface area (Å²) in [7, 11) is 0. The molecule has 0 bridgehead atoms. The van der Waals surface area contributed by atoms with Crippen molar-refractivity contribution in [1.82, 2.24) is 4.98 Å². The van der Waals surface area contributed by atoms with Crippen LogP contribution in [0.5, 0.6) is 0 Å². The number of rotatable bonds is 4. The van der Waals surface area contributed by atoms with Crippen molar-refractivity contribution in [1.29, 1.82) is 0 Å². The molecule has 8 aromatic carbocycles. The van der Waals surface area contributed by atoms with Crippen LogP contribution in [0.2, 0.25) is 0 Å². The summed E-state index contributed by atoms with van der Waals surface area (Å²) in [4.78, 5) is 7.63. The number of para-hydroxylation sites is 2. The van der Waals surface area contributed by atoms with E-state index in [0.717, 1.165) is 39.2 Å². The van der Waals surface area contributed by atoms with Crippen molar-refractivity contribution in [2.24, 2.45) is 0 Å². The molecule has 2 aliphatic rings. The number of aromatic nitrogens is 1. The molecule has 242 valence electrons. The molecule has 11 rings (SSSR count). The normalized spacial score (nSPS) is 13.2. The second-order valence-corrected chi connectivity index (χ2v) is 13.8. The third kappa shape index (κ3) is 3.92. The fraction of sp³-hybridized carbons (Fsp3) is 0.0200. The highest BCUT2D eigenvalue weighted by molar-refractivity contribution is 6.11. The Labute approximate surface area is 302 Å². The van der Waals surface area contributed by atoms with E-state index in [-0.39, 0.29) is 0 Å². The van der Waals surface area contributed by atoms with Gasteiger partial charge < -0.3 is 4.90 Å². The number of hydrogen-bond acceptors (Lipinski definition) is 2. The highest BCUT2D eigenvalue weighted by Crippen LogP contribution is 2.64. The summed E-state index contributed by atoms with van der Waals surface area (Å²) >= 11 is 0. The van der Waals surface area contributed by atoms with Gasteiger partial charge in [0.1, 0.15) is 0 Å². The molecule has 0 fully saturated rings. The molecule has 52 heavy (non-hydrogen) atoms. The molecule has 0 saturated heterocycles. The monoisotopic (exact) mass is 660 g/mol. The van der Waals surface area contributed by atoms with Crippen LogP contribution >= 0.6 is 0 Å². The predicted molar refractivity (Wildman–Crippen MR) is 216 cm³/mol. The van der Waals surface area contributed by atoms with E-state index in [1.807, 2.05) is 0 Å². The molecular weight excluding hydrogens is 629 g/mol. The number of fused-ring (bicyclic) bond motifs is 13. The molecule has 1 spiro atoms. The van der Waals surface area contributed by atoms with Gasteiger partial charge in [-0.25, -0.2) is 4.98 Å². The third-order valence-corrected chi connectivity index (χ3v) is 11.3. The lowest BCUT2D eigenvalue weighted by molar-refractivity contribution is 0.794. The zero-order valence-corrected chi connectivity index (χ0v) is 28.4. The van der Waals surface area contributed by atoms with Gasteiger partial charge in [0.2, 0.25) is 0 Å². The van der Waals surface area contributed by atoms with Crippen molar-refractivity contribution >= 4 is 38.7 Å². The van der Waals surface area contributed by atoms with Gasteiger partial charge in [-0.1, -0.05) is 158 Å². The molecule has 2 nitrogen and oxygen atoms in total. The van der Waals surface area contributed by atoms with Gasteiger partial charge in [-0.15, -0.1) is 0 Å². The summed E-state index contributed by atoms with van der Waals surface area (Å²) < 4.78 is 0. The summed E-state index contributed by atoms with van der Waals surface area (Å²) in [6, 6.07) is 70.7. The minimum Gasteiger partial charge on any atom is -0.310 e. The van der Waals surface area contributed by atoms with E-state index in [0.29, 0.717) is 0 Å². The lowest BCUT2D eigenvalue weighted by atomic mass is 9.70. The van der Waals surface area contributed by atoms with Crippen molar-refractivity contribution in [3.05, 3.63) is 216 Å². The van der Waals surface area contributed by atoms with Gasteiger partial charge in [0.15, 0.2) is 0 Å². The van der Waals surface area contributed by atoms with E-state index in [4.69, 9.17) is 4.98 Å². The van der Waals surface area contributed by atoms with Crippen LogP contribution in [0.3, 0.4) is 0 Å². The van der Waals surface area contributed by atoms with Crippen LogP contribution < -0.4 is 4.90 Å². The van der Waals surface area contributed by atoms with E-state index >= 15 is 0 Å². The van der Waals surface area contributed by atoms with E-state index in [1.54, 1.807) is 0 Å². The second-order valence-electron chi connectivity index (χ2n) is 13.8. The second kappa shape index (κ2) is 11.1. The molecule has 0 amide bonds. The first-order valence-corrected chi connectivity index (χ1v) is 18.0. The molecule has 0 radical (unpaired) electrons. The number of nitrogens with zero attached hydrogens (tertiary/aromatic N) is 2. The maximum Gasteiger partial charge on any atom is 0.0788 e. The average molecular weight is 661 g/mol. The predicted octanol–water partition coefficient (Wildman–Crippen LogP) is 12.9. The Morgan fingerprint density at radius 3 is 1.60 bits per heavy atom. The first kappa shape index (κ1) is 29.0. The van der Waals surface area contributed by atoms with Gasteiger partial charge in [-0.05, 0) is 80.7 Å². The Morgan fingerprint density at radius 1 is 0.365 bits per heavy atom. The number of hydrogen-bond donors (Lipinski definition) is 0. The lowest BCUT2D eigenvalue weighted by Crippen LogP contribution is -2.26. The Balaban J connectivity index is 1.14. The number of benzene rings is 8. The minimum atomic E-state index is -0.399. The quantitative estimate of drug-likeness (QED) is 0.175. The van der Waals surface area contributed by atoms with Crippen molar-refractivity contribution in [2.45, 2.75) is 5.41 Å². The Hall–Kier alpha value is -6.77. The van der Waals surface area contributed by atoms with Gasteiger partial charge in [-0.3, -0.25) is 0 Å². The van der Waals surface area contributed by atoms with Crippen LogP contribution in [0.4, 0.5) is 17.1 Å². The van der Waals surface area contributed by atoms with Crippen molar-refractivity contribution in [2.75, 3.05) is 4.90 Å². The van der Waals surface area contributed by atoms with Crippen molar-refractivity contribution in [3.8, 4) is 33.5 Å². The molecule has 0 aliphatic heterocycles. The molecule has 0 unspecified atom stereocenters. The maximum atomic E-state index is 5.20. The fourth-order valence-electron chi connectivity index (χ4n) is 9.21. The van der Waals surface area contributed by atoms with Crippen molar-refractivity contribution < 1.29 is 0 Å². The average Bonchev–Trinajstić information content (AvgIpc) is 3.69. The zero-order valence-electron chi connectivity index (χ0n) is 28.4. The lowest BCUT2D eigenvalue weighted by Gasteiger charge is -2.31. The van der Waals surface area contributed by atoms with Crippen LogP contribution in [-0.4, -0.2) is 4.98 Å². The standard InChI is InChI=1S/C50H32N2/c1-2-15-34(16-3-1)52(35-31-29-33(30-32-35)49-40-21-5-4-17-36(40)39-20-9-13-27-46(39)51-49)47-28-14-26-45-48(47)41-22-8-12-25-44(41)50(45)42-23-10-6-18-37(42)38-19-7-11-24-43(38)50/h1-32H. The summed E-state index contributed by atoms with van der Waals surface area (Å²) in [6.45, 7) is 0. The highest BCUT2D eigenvalue weighted by atomic mass is 15.1. The molecule has 0 saturated carbocycles. The highest BCUT2D eigenvalue weighted by Gasteiger charge is 2.52.